The molecule has 0 spiro atoms. The van der Waals surface area contributed by atoms with Gasteiger partial charge in [-0.05, 0) is 115 Å². The third kappa shape index (κ3) is 6.24. The molecule has 0 amide bonds. The minimum atomic E-state index is 0.910. The molecule has 0 aliphatic rings. The van der Waals surface area contributed by atoms with Gasteiger partial charge in [-0.1, -0.05) is 188 Å². The topological polar surface area (TPSA) is 16.4 Å². The summed E-state index contributed by atoms with van der Waals surface area (Å²) in [7, 11) is 0. The van der Waals surface area contributed by atoms with Gasteiger partial charge in [0.15, 0.2) is 0 Å². The third-order valence-electron chi connectivity index (χ3n) is 13.1. The average molecular weight is 846 g/mol. The van der Waals surface area contributed by atoms with Crippen LogP contribution in [0.3, 0.4) is 0 Å². The van der Waals surface area contributed by atoms with Gasteiger partial charge in [-0.15, -0.1) is 11.3 Å². The molecule has 0 N–H and O–H groups in total. The van der Waals surface area contributed by atoms with Gasteiger partial charge >= 0.3 is 0 Å². The molecule has 0 bridgehead atoms. The van der Waals surface area contributed by atoms with Crippen LogP contribution in [0.1, 0.15) is 0 Å². The summed E-state index contributed by atoms with van der Waals surface area (Å²) in [5.74, 6) is 0. The molecular formula is C62H39NOS. The van der Waals surface area contributed by atoms with Crippen molar-refractivity contribution in [3.63, 3.8) is 0 Å². The fourth-order valence-corrected chi connectivity index (χ4v) is 11.3. The monoisotopic (exact) mass is 845 g/mol. The largest absolute Gasteiger partial charge is 0.456 e. The van der Waals surface area contributed by atoms with E-state index in [4.69, 9.17) is 4.42 Å². The summed E-state index contributed by atoms with van der Waals surface area (Å²) in [4.78, 5) is 2.44. The lowest BCUT2D eigenvalue weighted by atomic mass is 9.93. The van der Waals surface area contributed by atoms with Gasteiger partial charge in [0.1, 0.15) is 11.2 Å². The second kappa shape index (κ2) is 15.2. The van der Waals surface area contributed by atoms with Gasteiger partial charge in [-0.2, -0.15) is 0 Å². The summed E-state index contributed by atoms with van der Waals surface area (Å²) < 4.78 is 8.78. The number of rotatable bonds is 7. The SMILES string of the molecule is c1ccc(-c2cccc3c2sc2c(N(c4ccc(-c5ccc(-c6cccc7oc8ccccc8c67)cc5)cc4)c4ccc(-c5cc6ccccc6c6ccccc56)cc4)cccc23)cc1. The number of para-hydroxylation sites is 1. The second-order valence-corrected chi connectivity index (χ2v) is 17.8. The lowest BCUT2D eigenvalue weighted by Crippen LogP contribution is -2.10. The van der Waals surface area contributed by atoms with Gasteiger partial charge in [-0.25, -0.2) is 0 Å². The van der Waals surface area contributed by atoms with Crippen molar-refractivity contribution < 1.29 is 4.42 Å². The first-order valence-electron chi connectivity index (χ1n) is 22.2. The van der Waals surface area contributed by atoms with E-state index in [1.807, 2.05) is 23.5 Å². The first-order valence-corrected chi connectivity index (χ1v) is 23.0. The van der Waals surface area contributed by atoms with Crippen molar-refractivity contribution in [2.75, 3.05) is 4.90 Å². The van der Waals surface area contributed by atoms with E-state index in [1.54, 1.807) is 0 Å². The molecule has 2 aromatic heterocycles. The van der Waals surface area contributed by atoms with Crippen LogP contribution >= 0.6 is 11.3 Å². The van der Waals surface area contributed by atoms with Crippen LogP contribution in [-0.4, -0.2) is 0 Å². The molecule has 65 heavy (non-hydrogen) atoms. The second-order valence-electron chi connectivity index (χ2n) is 16.8. The predicted molar refractivity (Wildman–Crippen MR) is 278 cm³/mol. The Morgan fingerprint density at radius 2 is 0.815 bits per heavy atom. The quantitative estimate of drug-likeness (QED) is 0.149. The zero-order chi connectivity index (χ0) is 42.8. The maximum absolute atomic E-state index is 6.22. The lowest BCUT2D eigenvalue weighted by Gasteiger charge is -2.26. The highest BCUT2D eigenvalue weighted by molar-refractivity contribution is 7.27. The zero-order valence-electron chi connectivity index (χ0n) is 35.3. The molecule has 13 rings (SSSR count). The Hall–Kier alpha value is -8.24. The molecule has 0 saturated heterocycles. The normalized spacial score (nSPS) is 11.7. The summed E-state index contributed by atoms with van der Waals surface area (Å²) in [6.07, 6.45) is 0. The Labute approximate surface area is 380 Å². The van der Waals surface area contributed by atoms with Crippen LogP contribution in [0.15, 0.2) is 241 Å². The van der Waals surface area contributed by atoms with Crippen molar-refractivity contribution >= 4 is 92.1 Å². The molecule has 0 unspecified atom stereocenters. The zero-order valence-corrected chi connectivity index (χ0v) is 36.1. The highest BCUT2D eigenvalue weighted by atomic mass is 32.1. The van der Waals surface area contributed by atoms with Crippen LogP contribution in [0.25, 0.3) is 108 Å². The van der Waals surface area contributed by atoms with Gasteiger partial charge in [0.05, 0.1) is 10.4 Å². The molecule has 0 radical (unpaired) electrons. The van der Waals surface area contributed by atoms with Crippen LogP contribution < -0.4 is 4.90 Å². The number of benzene rings is 11. The molecule has 0 atom stereocenters. The van der Waals surface area contributed by atoms with Gasteiger partial charge in [0, 0.05) is 37.6 Å². The van der Waals surface area contributed by atoms with Gasteiger partial charge in [-0.3, -0.25) is 0 Å². The highest BCUT2D eigenvalue weighted by Crippen LogP contribution is 2.48. The highest BCUT2D eigenvalue weighted by Gasteiger charge is 2.20. The third-order valence-corrected chi connectivity index (χ3v) is 14.4. The van der Waals surface area contributed by atoms with Crippen molar-refractivity contribution in [1.82, 2.24) is 0 Å². The van der Waals surface area contributed by atoms with Gasteiger partial charge in [0.25, 0.3) is 0 Å². The molecule has 304 valence electrons. The van der Waals surface area contributed by atoms with E-state index in [9.17, 15) is 0 Å². The molecule has 3 heteroatoms. The Morgan fingerprint density at radius 3 is 1.58 bits per heavy atom. The summed E-state index contributed by atoms with van der Waals surface area (Å²) in [5.41, 5.74) is 14.8. The number of hydrogen-bond acceptors (Lipinski definition) is 3. The fraction of sp³-hybridized carbons (Fsp3) is 0. The minimum Gasteiger partial charge on any atom is -0.456 e. The molecule has 11 aromatic carbocycles. The molecule has 2 heterocycles. The number of nitrogens with zero attached hydrogens (tertiary/aromatic N) is 1. The van der Waals surface area contributed by atoms with Crippen LogP contribution in [0.5, 0.6) is 0 Å². The number of thiophene rings is 1. The summed E-state index contributed by atoms with van der Waals surface area (Å²) in [6, 6.07) is 85.9. The number of anilines is 3. The maximum Gasteiger partial charge on any atom is 0.136 e. The van der Waals surface area contributed by atoms with E-state index in [2.05, 4.69) is 229 Å². The number of fused-ring (bicyclic) bond motifs is 9. The van der Waals surface area contributed by atoms with Crippen molar-refractivity contribution in [2.24, 2.45) is 0 Å². The van der Waals surface area contributed by atoms with Crippen LogP contribution in [0.2, 0.25) is 0 Å². The Balaban J connectivity index is 0.923. The summed E-state index contributed by atoms with van der Waals surface area (Å²) in [6.45, 7) is 0. The first-order chi connectivity index (χ1) is 32.2. The van der Waals surface area contributed by atoms with E-state index in [-0.39, 0.29) is 0 Å². The predicted octanol–water partition coefficient (Wildman–Crippen LogP) is 18.4. The first kappa shape index (κ1) is 37.3. The van der Waals surface area contributed by atoms with Crippen LogP contribution in [0, 0.1) is 0 Å². The van der Waals surface area contributed by atoms with Crippen molar-refractivity contribution in [2.45, 2.75) is 0 Å². The van der Waals surface area contributed by atoms with E-state index in [0.717, 1.165) is 39.0 Å². The fourth-order valence-electron chi connectivity index (χ4n) is 10.00. The average Bonchev–Trinajstić information content (AvgIpc) is 3.97. The molecule has 0 aliphatic carbocycles. The Kier molecular flexibility index (Phi) is 8.75. The number of furan rings is 1. The van der Waals surface area contributed by atoms with Gasteiger partial charge < -0.3 is 9.32 Å². The lowest BCUT2D eigenvalue weighted by molar-refractivity contribution is 0.669. The Morgan fingerprint density at radius 1 is 0.308 bits per heavy atom. The molecule has 0 saturated carbocycles. The van der Waals surface area contributed by atoms with Crippen molar-refractivity contribution in [3.8, 4) is 44.5 Å². The van der Waals surface area contributed by atoms with Crippen LogP contribution in [-0.2, 0) is 0 Å². The molecule has 0 aliphatic heterocycles. The van der Waals surface area contributed by atoms with Crippen LogP contribution in [0.4, 0.5) is 17.1 Å². The smallest absolute Gasteiger partial charge is 0.136 e. The van der Waals surface area contributed by atoms with Crippen molar-refractivity contribution in [3.05, 3.63) is 237 Å². The standard InChI is InChI=1S/C62H39NOS/c1-2-13-42(14-3-1)50-21-10-22-53-54-23-11-24-57(62(54)65-61(50)53)63(47-37-33-44(34-38-47)56-39-45-15-4-5-16-48(45)51-17-6-7-18-52(51)56)46-35-31-41(32-36-46)40-27-29-43(30-28-40)49-20-12-26-59-60(49)55-19-8-9-25-58(55)64-59/h1-39H. The van der Waals surface area contributed by atoms with E-state index >= 15 is 0 Å². The maximum atomic E-state index is 6.22. The summed E-state index contributed by atoms with van der Waals surface area (Å²) in [5, 5.41) is 9.90. The molecule has 2 nitrogen and oxygen atoms in total. The summed E-state index contributed by atoms with van der Waals surface area (Å²) >= 11 is 1.88. The minimum absolute atomic E-state index is 0.910. The Bertz CT molecular complexity index is 3920. The molecule has 13 aromatic rings. The number of hydrogen-bond donors (Lipinski definition) is 0. The van der Waals surface area contributed by atoms with Crippen molar-refractivity contribution in [1.29, 1.82) is 0 Å². The molecular weight excluding hydrogens is 807 g/mol. The molecule has 0 fully saturated rings. The van der Waals surface area contributed by atoms with Gasteiger partial charge in [0.2, 0.25) is 0 Å². The van der Waals surface area contributed by atoms with E-state index in [0.29, 0.717) is 0 Å². The van der Waals surface area contributed by atoms with E-state index < -0.39 is 0 Å². The van der Waals surface area contributed by atoms with E-state index in [1.165, 1.54) is 86.2 Å².